The number of pyridine rings is 1. The molecule has 0 amide bonds. The average molecular weight is 299 g/mol. The van der Waals surface area contributed by atoms with Crippen molar-refractivity contribution in [2.45, 2.75) is 19.4 Å². The van der Waals surface area contributed by atoms with E-state index in [4.69, 9.17) is 5.11 Å². The van der Waals surface area contributed by atoms with Crippen LogP contribution in [0.25, 0.3) is 0 Å². The van der Waals surface area contributed by atoms with Crippen molar-refractivity contribution >= 4 is 16.2 Å². The van der Waals surface area contributed by atoms with Gasteiger partial charge in [0.15, 0.2) is 0 Å². The minimum Gasteiger partial charge on any atom is -0.481 e. The lowest BCUT2D eigenvalue weighted by molar-refractivity contribution is -0.142. The zero-order valence-electron chi connectivity index (χ0n) is 10.9. The molecule has 0 atom stereocenters. The van der Waals surface area contributed by atoms with Crippen molar-refractivity contribution in [2.75, 3.05) is 13.1 Å². The maximum atomic E-state index is 12.1. The summed E-state index contributed by atoms with van der Waals surface area (Å²) in [5, 5.41) is 8.89. The molecule has 0 aliphatic carbocycles. The first kappa shape index (κ1) is 14.9. The standard InChI is InChI=1S/C12H17N3O4S/c16-12(17)10-4-7-15(8-5-10)20(18,19)14-9-11-3-1-2-6-13-11/h1-3,6,10,14H,4-5,7-9H2,(H,16,17). The molecule has 1 saturated heterocycles. The smallest absolute Gasteiger partial charge is 0.306 e. The van der Waals surface area contributed by atoms with E-state index in [0.717, 1.165) is 0 Å². The molecule has 20 heavy (non-hydrogen) atoms. The topological polar surface area (TPSA) is 99.6 Å². The quantitative estimate of drug-likeness (QED) is 0.810. The Balaban J connectivity index is 1.90. The van der Waals surface area contributed by atoms with Gasteiger partial charge in [0.1, 0.15) is 0 Å². The van der Waals surface area contributed by atoms with Crippen LogP contribution in [0.3, 0.4) is 0 Å². The third-order valence-electron chi connectivity index (χ3n) is 3.30. The van der Waals surface area contributed by atoms with Gasteiger partial charge in [-0.05, 0) is 25.0 Å². The van der Waals surface area contributed by atoms with Gasteiger partial charge >= 0.3 is 5.97 Å². The summed E-state index contributed by atoms with van der Waals surface area (Å²) in [4.78, 5) is 14.9. The minimum atomic E-state index is -3.58. The van der Waals surface area contributed by atoms with E-state index in [2.05, 4.69) is 9.71 Å². The van der Waals surface area contributed by atoms with Gasteiger partial charge < -0.3 is 5.11 Å². The van der Waals surface area contributed by atoms with Gasteiger partial charge in [-0.1, -0.05) is 6.07 Å². The molecule has 1 fully saturated rings. The van der Waals surface area contributed by atoms with Crippen LogP contribution < -0.4 is 4.72 Å². The molecule has 1 aromatic heterocycles. The summed E-state index contributed by atoms with van der Waals surface area (Å²) in [5.74, 6) is -1.30. The Morgan fingerprint density at radius 3 is 2.65 bits per heavy atom. The third kappa shape index (κ3) is 3.75. The number of aliphatic carboxylic acids is 1. The Hall–Kier alpha value is -1.51. The van der Waals surface area contributed by atoms with Gasteiger partial charge in [0, 0.05) is 19.3 Å². The summed E-state index contributed by atoms with van der Waals surface area (Å²) >= 11 is 0. The maximum Gasteiger partial charge on any atom is 0.306 e. The highest BCUT2D eigenvalue weighted by atomic mass is 32.2. The van der Waals surface area contributed by atoms with Crippen LogP contribution in [0.1, 0.15) is 18.5 Å². The van der Waals surface area contributed by atoms with Crippen LogP contribution in [-0.4, -0.2) is 41.9 Å². The summed E-state index contributed by atoms with van der Waals surface area (Å²) in [6.07, 6.45) is 2.29. The number of hydrogen-bond acceptors (Lipinski definition) is 4. The second-order valence-electron chi connectivity index (χ2n) is 4.66. The lowest BCUT2D eigenvalue weighted by atomic mass is 9.99. The van der Waals surface area contributed by atoms with Crippen molar-refractivity contribution < 1.29 is 18.3 Å². The van der Waals surface area contributed by atoms with Gasteiger partial charge in [0.2, 0.25) is 0 Å². The molecule has 0 saturated carbocycles. The molecule has 0 spiro atoms. The van der Waals surface area contributed by atoms with Crippen LogP contribution in [0.4, 0.5) is 0 Å². The van der Waals surface area contributed by atoms with Crippen LogP contribution in [0.15, 0.2) is 24.4 Å². The van der Waals surface area contributed by atoms with Crippen LogP contribution in [0, 0.1) is 5.92 Å². The Labute approximate surface area is 117 Å². The predicted octanol–water partition coefficient (Wildman–Crippen LogP) is 0.213. The summed E-state index contributed by atoms with van der Waals surface area (Å²) in [5.41, 5.74) is 0.636. The molecule has 2 heterocycles. The fraction of sp³-hybridized carbons (Fsp3) is 0.500. The second-order valence-corrected chi connectivity index (χ2v) is 6.41. The number of rotatable bonds is 5. The van der Waals surface area contributed by atoms with Crippen molar-refractivity contribution in [3.05, 3.63) is 30.1 Å². The molecule has 1 aliphatic rings. The Morgan fingerprint density at radius 1 is 1.40 bits per heavy atom. The number of carbonyl (C=O) groups is 1. The number of nitrogens with zero attached hydrogens (tertiary/aromatic N) is 2. The molecule has 110 valence electrons. The maximum absolute atomic E-state index is 12.1. The van der Waals surface area contributed by atoms with Crippen molar-refractivity contribution in [1.82, 2.24) is 14.0 Å². The first-order valence-corrected chi connectivity index (χ1v) is 7.80. The minimum absolute atomic E-state index is 0.127. The van der Waals surface area contributed by atoms with Crippen LogP contribution in [0.2, 0.25) is 0 Å². The number of nitrogens with one attached hydrogen (secondary N) is 1. The van der Waals surface area contributed by atoms with Crippen molar-refractivity contribution in [2.24, 2.45) is 5.92 Å². The summed E-state index contributed by atoms with van der Waals surface area (Å²) in [6.45, 7) is 0.588. The molecule has 0 unspecified atom stereocenters. The zero-order valence-corrected chi connectivity index (χ0v) is 11.7. The molecule has 2 rings (SSSR count). The SMILES string of the molecule is O=C(O)C1CCN(S(=O)(=O)NCc2ccccn2)CC1. The Morgan fingerprint density at radius 2 is 2.10 bits per heavy atom. The molecular weight excluding hydrogens is 282 g/mol. The van der Waals surface area contributed by atoms with E-state index in [0.29, 0.717) is 18.5 Å². The first-order chi connectivity index (χ1) is 9.49. The summed E-state index contributed by atoms with van der Waals surface area (Å²) in [6, 6.07) is 5.28. The molecule has 0 bridgehead atoms. The van der Waals surface area contributed by atoms with E-state index in [1.165, 1.54) is 4.31 Å². The van der Waals surface area contributed by atoms with Gasteiger partial charge in [0.25, 0.3) is 10.2 Å². The van der Waals surface area contributed by atoms with Crippen LogP contribution in [-0.2, 0) is 21.5 Å². The Bertz CT molecular complexity index is 553. The molecule has 1 aromatic rings. The first-order valence-electron chi connectivity index (χ1n) is 6.36. The molecule has 2 N–H and O–H groups in total. The average Bonchev–Trinajstić information content (AvgIpc) is 2.46. The molecule has 7 nitrogen and oxygen atoms in total. The summed E-state index contributed by atoms with van der Waals surface area (Å²) < 4.78 is 27.9. The Kier molecular flexibility index (Phi) is 4.69. The number of aromatic nitrogens is 1. The van der Waals surface area contributed by atoms with Gasteiger partial charge in [-0.15, -0.1) is 0 Å². The molecule has 8 heteroatoms. The largest absolute Gasteiger partial charge is 0.481 e. The predicted molar refractivity (Wildman–Crippen MR) is 71.9 cm³/mol. The normalized spacial score (nSPS) is 18.0. The van der Waals surface area contributed by atoms with E-state index in [9.17, 15) is 13.2 Å². The number of hydrogen-bond donors (Lipinski definition) is 2. The highest BCUT2D eigenvalue weighted by Crippen LogP contribution is 2.19. The molecule has 0 radical (unpaired) electrons. The van der Waals surface area contributed by atoms with Crippen molar-refractivity contribution in [1.29, 1.82) is 0 Å². The summed E-state index contributed by atoms with van der Waals surface area (Å²) in [7, 11) is -3.58. The van der Waals surface area contributed by atoms with E-state index in [-0.39, 0.29) is 19.6 Å². The van der Waals surface area contributed by atoms with Crippen molar-refractivity contribution in [3.8, 4) is 0 Å². The van der Waals surface area contributed by atoms with Crippen molar-refractivity contribution in [3.63, 3.8) is 0 Å². The van der Waals surface area contributed by atoms with Gasteiger partial charge in [0.05, 0.1) is 18.2 Å². The lowest BCUT2D eigenvalue weighted by Gasteiger charge is -2.29. The third-order valence-corrected chi connectivity index (χ3v) is 4.86. The fourth-order valence-electron chi connectivity index (χ4n) is 2.10. The van der Waals surface area contributed by atoms with E-state index >= 15 is 0 Å². The van der Waals surface area contributed by atoms with Gasteiger partial charge in [-0.25, -0.2) is 0 Å². The van der Waals surface area contributed by atoms with E-state index in [1.54, 1.807) is 24.4 Å². The van der Waals surface area contributed by atoms with Gasteiger partial charge in [-0.2, -0.15) is 17.4 Å². The molecular formula is C12H17N3O4S. The van der Waals surface area contributed by atoms with Crippen LogP contribution >= 0.6 is 0 Å². The number of carboxylic acid groups (broad SMARTS) is 1. The van der Waals surface area contributed by atoms with E-state index < -0.39 is 22.1 Å². The fourth-order valence-corrected chi connectivity index (χ4v) is 3.31. The monoisotopic (exact) mass is 299 g/mol. The molecule has 0 aromatic carbocycles. The highest BCUT2D eigenvalue weighted by molar-refractivity contribution is 7.87. The highest BCUT2D eigenvalue weighted by Gasteiger charge is 2.30. The second kappa shape index (κ2) is 6.29. The lowest BCUT2D eigenvalue weighted by Crippen LogP contribution is -2.45. The van der Waals surface area contributed by atoms with E-state index in [1.807, 2.05) is 0 Å². The van der Waals surface area contributed by atoms with Gasteiger partial charge in [-0.3, -0.25) is 9.78 Å². The number of piperidine rings is 1. The number of carboxylic acids is 1. The zero-order chi connectivity index (χ0) is 14.6. The molecule has 1 aliphatic heterocycles. The van der Waals surface area contributed by atoms with Crippen LogP contribution in [0.5, 0.6) is 0 Å².